The van der Waals surface area contributed by atoms with Gasteiger partial charge >= 0.3 is 0 Å². The van der Waals surface area contributed by atoms with E-state index < -0.39 is 0 Å². The number of nitrogens with zero attached hydrogens (tertiary/aromatic N) is 3. The highest BCUT2D eigenvalue weighted by molar-refractivity contribution is 5.90. The van der Waals surface area contributed by atoms with Crippen molar-refractivity contribution in [3.63, 3.8) is 0 Å². The van der Waals surface area contributed by atoms with E-state index in [1.807, 2.05) is 36.4 Å². The molecule has 1 unspecified atom stereocenters. The van der Waals surface area contributed by atoms with Crippen LogP contribution >= 0.6 is 12.4 Å². The second-order valence-electron chi connectivity index (χ2n) is 5.79. The Labute approximate surface area is 152 Å². The van der Waals surface area contributed by atoms with Crippen LogP contribution in [0.25, 0.3) is 10.9 Å². The van der Waals surface area contributed by atoms with Crippen LogP contribution < -0.4 is 10.6 Å². The maximum Gasteiger partial charge on any atom is 0.229 e. The van der Waals surface area contributed by atoms with Crippen LogP contribution in [0.1, 0.15) is 12.8 Å². The standard InChI is InChI=1S/C18H19N5O.ClH/c1-2-6-16-15(5-1)17(20-12-14-4-3-11-24-14)23-18(22-16)21-13-7-9-19-10-8-13;/h1-2,5-10,14H,3-4,11-12H2,(H2,19,20,21,22,23);1H. The van der Waals surface area contributed by atoms with Crippen molar-refractivity contribution in [2.75, 3.05) is 23.8 Å². The van der Waals surface area contributed by atoms with Gasteiger partial charge in [-0.2, -0.15) is 4.98 Å². The number of nitrogens with one attached hydrogen (secondary N) is 2. The monoisotopic (exact) mass is 357 g/mol. The van der Waals surface area contributed by atoms with E-state index in [1.165, 1.54) is 0 Å². The van der Waals surface area contributed by atoms with E-state index in [9.17, 15) is 0 Å². The Kier molecular flexibility index (Phi) is 5.63. The summed E-state index contributed by atoms with van der Waals surface area (Å²) in [5.74, 6) is 1.39. The van der Waals surface area contributed by atoms with Crippen LogP contribution in [0.4, 0.5) is 17.5 Å². The minimum atomic E-state index is 0. The molecule has 0 amide bonds. The average Bonchev–Trinajstić information content (AvgIpc) is 3.14. The molecular weight excluding hydrogens is 338 g/mol. The zero-order valence-electron chi connectivity index (χ0n) is 13.7. The second-order valence-corrected chi connectivity index (χ2v) is 5.79. The van der Waals surface area contributed by atoms with Gasteiger partial charge in [0.1, 0.15) is 5.82 Å². The van der Waals surface area contributed by atoms with Crippen LogP contribution in [0.3, 0.4) is 0 Å². The highest BCUT2D eigenvalue weighted by atomic mass is 35.5. The molecule has 3 aromatic rings. The molecule has 1 aliphatic rings. The summed E-state index contributed by atoms with van der Waals surface area (Å²) in [4.78, 5) is 13.3. The number of anilines is 3. The number of hydrogen-bond donors (Lipinski definition) is 2. The Hall–Kier alpha value is -2.44. The molecule has 1 aliphatic heterocycles. The van der Waals surface area contributed by atoms with Gasteiger partial charge in [-0.3, -0.25) is 4.98 Å². The van der Waals surface area contributed by atoms with Gasteiger partial charge in [0.2, 0.25) is 5.95 Å². The molecular formula is C18H20ClN5O. The fraction of sp³-hybridized carbons (Fsp3) is 0.278. The maximum atomic E-state index is 5.68. The molecule has 0 radical (unpaired) electrons. The molecule has 25 heavy (non-hydrogen) atoms. The Bertz CT molecular complexity index is 824. The predicted molar refractivity (Wildman–Crippen MR) is 102 cm³/mol. The number of rotatable bonds is 5. The topological polar surface area (TPSA) is 72.0 Å². The zero-order valence-corrected chi connectivity index (χ0v) is 14.5. The van der Waals surface area contributed by atoms with E-state index in [0.717, 1.165) is 48.4 Å². The summed E-state index contributed by atoms with van der Waals surface area (Å²) in [5.41, 5.74) is 1.81. The van der Waals surface area contributed by atoms with E-state index in [4.69, 9.17) is 4.74 Å². The maximum absolute atomic E-state index is 5.68. The van der Waals surface area contributed by atoms with Gasteiger partial charge < -0.3 is 15.4 Å². The molecule has 2 N–H and O–H groups in total. The fourth-order valence-electron chi connectivity index (χ4n) is 2.85. The van der Waals surface area contributed by atoms with Crippen molar-refractivity contribution in [1.82, 2.24) is 15.0 Å². The Morgan fingerprint density at radius 3 is 2.72 bits per heavy atom. The first-order chi connectivity index (χ1) is 11.9. The summed E-state index contributed by atoms with van der Waals surface area (Å²) < 4.78 is 5.68. The molecule has 1 aromatic carbocycles. The van der Waals surface area contributed by atoms with Gasteiger partial charge in [0.15, 0.2) is 0 Å². The lowest BCUT2D eigenvalue weighted by atomic mass is 10.2. The molecule has 2 aromatic heterocycles. The molecule has 0 saturated carbocycles. The van der Waals surface area contributed by atoms with E-state index in [1.54, 1.807) is 12.4 Å². The summed E-state index contributed by atoms with van der Waals surface area (Å²) >= 11 is 0. The molecule has 3 heterocycles. The minimum absolute atomic E-state index is 0. The van der Waals surface area contributed by atoms with Crippen LogP contribution in [0.5, 0.6) is 0 Å². The van der Waals surface area contributed by atoms with Crippen LogP contribution in [0, 0.1) is 0 Å². The van der Waals surface area contributed by atoms with Crippen LogP contribution in [0.2, 0.25) is 0 Å². The second kappa shape index (κ2) is 8.09. The molecule has 130 valence electrons. The summed E-state index contributed by atoms with van der Waals surface area (Å²) in [6.45, 7) is 1.61. The van der Waals surface area contributed by atoms with Crippen molar-refractivity contribution in [3.8, 4) is 0 Å². The molecule has 0 spiro atoms. The van der Waals surface area contributed by atoms with E-state index in [2.05, 4.69) is 25.6 Å². The first kappa shape index (κ1) is 17.4. The molecule has 1 fully saturated rings. The van der Waals surface area contributed by atoms with Gasteiger partial charge in [-0.1, -0.05) is 12.1 Å². The lowest BCUT2D eigenvalue weighted by molar-refractivity contribution is 0.120. The van der Waals surface area contributed by atoms with Crippen molar-refractivity contribution >= 4 is 40.8 Å². The number of aromatic nitrogens is 3. The highest BCUT2D eigenvalue weighted by Crippen LogP contribution is 2.24. The molecule has 6 nitrogen and oxygen atoms in total. The van der Waals surface area contributed by atoms with Crippen molar-refractivity contribution in [2.24, 2.45) is 0 Å². The summed E-state index contributed by atoms with van der Waals surface area (Å²) in [6.07, 6.45) is 5.96. The first-order valence-electron chi connectivity index (χ1n) is 8.18. The Morgan fingerprint density at radius 1 is 1.08 bits per heavy atom. The predicted octanol–water partition coefficient (Wildman–Crippen LogP) is 3.78. The third-order valence-corrected chi connectivity index (χ3v) is 4.06. The van der Waals surface area contributed by atoms with Crippen molar-refractivity contribution < 1.29 is 4.74 Å². The number of ether oxygens (including phenoxy) is 1. The summed E-state index contributed by atoms with van der Waals surface area (Å²) in [5, 5.41) is 7.67. The number of benzene rings is 1. The lowest BCUT2D eigenvalue weighted by Gasteiger charge is -2.14. The van der Waals surface area contributed by atoms with Gasteiger partial charge in [0, 0.05) is 36.6 Å². The number of pyridine rings is 1. The SMILES string of the molecule is Cl.c1ccc2c(NCC3CCCO3)nc(Nc3ccncc3)nc2c1. The van der Waals surface area contributed by atoms with Crippen LogP contribution in [-0.4, -0.2) is 34.2 Å². The normalized spacial score (nSPS) is 16.4. The summed E-state index contributed by atoms with van der Waals surface area (Å²) in [6, 6.07) is 11.8. The van der Waals surface area contributed by atoms with Crippen molar-refractivity contribution in [1.29, 1.82) is 0 Å². The Balaban J connectivity index is 0.00000182. The third-order valence-electron chi connectivity index (χ3n) is 4.06. The molecule has 7 heteroatoms. The van der Waals surface area contributed by atoms with Gasteiger partial charge in [0.25, 0.3) is 0 Å². The van der Waals surface area contributed by atoms with Gasteiger partial charge in [-0.05, 0) is 37.1 Å². The van der Waals surface area contributed by atoms with Gasteiger partial charge in [-0.25, -0.2) is 4.98 Å². The first-order valence-corrected chi connectivity index (χ1v) is 8.18. The van der Waals surface area contributed by atoms with E-state index >= 15 is 0 Å². The minimum Gasteiger partial charge on any atom is -0.376 e. The number of para-hydroxylation sites is 1. The molecule has 0 aliphatic carbocycles. The van der Waals surface area contributed by atoms with Crippen molar-refractivity contribution in [2.45, 2.75) is 18.9 Å². The summed E-state index contributed by atoms with van der Waals surface area (Å²) in [7, 11) is 0. The van der Waals surface area contributed by atoms with Gasteiger partial charge in [0.05, 0.1) is 11.6 Å². The quantitative estimate of drug-likeness (QED) is 0.724. The molecule has 1 saturated heterocycles. The number of halogens is 1. The molecule has 0 bridgehead atoms. The largest absolute Gasteiger partial charge is 0.376 e. The molecule has 1 atom stereocenters. The van der Waals surface area contributed by atoms with Crippen LogP contribution in [-0.2, 0) is 4.74 Å². The highest BCUT2D eigenvalue weighted by Gasteiger charge is 2.16. The van der Waals surface area contributed by atoms with E-state index in [-0.39, 0.29) is 18.5 Å². The Morgan fingerprint density at radius 2 is 1.92 bits per heavy atom. The van der Waals surface area contributed by atoms with Gasteiger partial charge in [-0.15, -0.1) is 12.4 Å². The zero-order chi connectivity index (χ0) is 16.2. The average molecular weight is 358 g/mol. The molecule has 4 rings (SSSR count). The van der Waals surface area contributed by atoms with Crippen LogP contribution in [0.15, 0.2) is 48.8 Å². The third kappa shape index (κ3) is 4.15. The van der Waals surface area contributed by atoms with Crippen molar-refractivity contribution in [3.05, 3.63) is 48.8 Å². The fourth-order valence-corrected chi connectivity index (χ4v) is 2.85. The number of fused-ring (bicyclic) bond motifs is 1. The number of hydrogen-bond acceptors (Lipinski definition) is 6. The lowest BCUT2D eigenvalue weighted by Crippen LogP contribution is -2.19. The van der Waals surface area contributed by atoms with E-state index in [0.29, 0.717) is 5.95 Å². The smallest absolute Gasteiger partial charge is 0.229 e.